The van der Waals surface area contributed by atoms with Crippen LogP contribution in [0.2, 0.25) is 0 Å². The van der Waals surface area contributed by atoms with Gasteiger partial charge in [-0.1, -0.05) is 41.0 Å². The van der Waals surface area contributed by atoms with Gasteiger partial charge in [0, 0.05) is 13.1 Å². The lowest BCUT2D eigenvalue weighted by Gasteiger charge is -2.43. The van der Waals surface area contributed by atoms with Crippen molar-refractivity contribution in [1.82, 2.24) is 4.31 Å². The van der Waals surface area contributed by atoms with Crippen molar-refractivity contribution in [1.29, 1.82) is 0 Å². The van der Waals surface area contributed by atoms with Crippen LogP contribution in [0, 0.1) is 11.3 Å². The molecule has 0 radical (unpaired) electrons. The predicted octanol–water partition coefficient (Wildman–Crippen LogP) is 3.12. The Balaban J connectivity index is 0.00000121. The third kappa shape index (κ3) is 4.25. The first kappa shape index (κ1) is 16.9. The summed E-state index contributed by atoms with van der Waals surface area (Å²) in [5.74, 6) is 0.643. The largest absolute Gasteiger partial charge is 0.213 e. The number of hydrogen-bond donors (Lipinski definition) is 0. The summed E-state index contributed by atoms with van der Waals surface area (Å²) in [5.41, 5.74) is 0.362. The van der Waals surface area contributed by atoms with Crippen LogP contribution >= 0.6 is 0 Å². The lowest BCUT2D eigenvalue weighted by molar-refractivity contribution is 0.0913. The van der Waals surface area contributed by atoms with E-state index in [9.17, 15) is 8.42 Å². The summed E-state index contributed by atoms with van der Waals surface area (Å²) in [7, 11) is -2.98. The topological polar surface area (TPSA) is 37.4 Å². The van der Waals surface area contributed by atoms with Crippen LogP contribution in [0.15, 0.2) is 0 Å². The van der Waals surface area contributed by atoms with Crippen molar-refractivity contribution in [3.63, 3.8) is 0 Å². The second-order valence-corrected chi connectivity index (χ2v) is 7.02. The molecule has 0 spiro atoms. The Morgan fingerprint density at radius 2 is 1.59 bits per heavy atom. The van der Waals surface area contributed by atoms with Gasteiger partial charge in [0.15, 0.2) is 0 Å². The van der Waals surface area contributed by atoms with E-state index in [1.54, 1.807) is 4.31 Å². The molecular formula is C13H29NO2S. The molecule has 1 fully saturated rings. The molecule has 17 heavy (non-hydrogen) atoms. The molecule has 0 amide bonds. The van der Waals surface area contributed by atoms with E-state index in [2.05, 4.69) is 20.8 Å². The van der Waals surface area contributed by atoms with Crippen LogP contribution in [-0.4, -0.2) is 32.1 Å². The van der Waals surface area contributed by atoms with Gasteiger partial charge >= 0.3 is 0 Å². The fourth-order valence-corrected chi connectivity index (χ4v) is 3.45. The fourth-order valence-electron chi connectivity index (χ4n) is 2.60. The Labute approximate surface area is 108 Å². The average Bonchev–Trinajstić information content (AvgIpc) is 2.30. The van der Waals surface area contributed by atoms with Crippen LogP contribution in [-0.2, 0) is 10.0 Å². The molecule has 1 aliphatic rings. The highest BCUT2D eigenvalue weighted by atomic mass is 32.2. The Morgan fingerprint density at radius 3 is 1.82 bits per heavy atom. The van der Waals surface area contributed by atoms with Crippen molar-refractivity contribution >= 4 is 10.0 Å². The molecule has 0 aliphatic carbocycles. The number of piperidine rings is 1. The minimum atomic E-state index is -2.98. The van der Waals surface area contributed by atoms with Gasteiger partial charge in [-0.15, -0.1) is 0 Å². The van der Waals surface area contributed by atoms with Crippen molar-refractivity contribution in [3.8, 4) is 0 Å². The highest BCUT2D eigenvalue weighted by Crippen LogP contribution is 2.41. The molecule has 0 aromatic heterocycles. The van der Waals surface area contributed by atoms with Gasteiger partial charge in [-0.25, -0.2) is 12.7 Å². The van der Waals surface area contributed by atoms with E-state index in [-0.39, 0.29) is 0 Å². The van der Waals surface area contributed by atoms with Crippen molar-refractivity contribution in [2.45, 2.75) is 53.9 Å². The first-order valence-electron chi connectivity index (χ1n) is 6.77. The normalized spacial score (nSPS) is 20.9. The van der Waals surface area contributed by atoms with E-state index >= 15 is 0 Å². The monoisotopic (exact) mass is 263 g/mol. The molecule has 0 bridgehead atoms. The highest BCUT2D eigenvalue weighted by Gasteiger charge is 2.37. The van der Waals surface area contributed by atoms with Crippen LogP contribution in [0.1, 0.15) is 53.9 Å². The lowest BCUT2D eigenvalue weighted by Crippen LogP contribution is -2.44. The summed E-state index contributed by atoms with van der Waals surface area (Å²) in [6.07, 6.45) is 4.48. The molecule has 3 nitrogen and oxygen atoms in total. The molecule has 0 aromatic rings. The SMILES string of the molecule is CC.CCC1(C(C)C)CCN(S(C)(=O)=O)CC1. The van der Waals surface area contributed by atoms with E-state index in [1.807, 2.05) is 13.8 Å². The molecule has 0 N–H and O–H groups in total. The van der Waals surface area contributed by atoms with Crippen LogP contribution < -0.4 is 0 Å². The van der Waals surface area contributed by atoms with Crippen molar-refractivity contribution in [2.75, 3.05) is 19.3 Å². The molecule has 0 saturated carbocycles. The average molecular weight is 263 g/mol. The van der Waals surface area contributed by atoms with Gasteiger partial charge in [-0.2, -0.15) is 0 Å². The fraction of sp³-hybridized carbons (Fsp3) is 1.00. The first-order chi connectivity index (χ1) is 7.82. The second-order valence-electron chi connectivity index (χ2n) is 5.03. The maximum Gasteiger partial charge on any atom is 0.211 e. The lowest BCUT2D eigenvalue weighted by atomic mass is 9.69. The zero-order chi connectivity index (χ0) is 13.7. The number of hydrogen-bond acceptors (Lipinski definition) is 2. The second kappa shape index (κ2) is 6.74. The summed E-state index contributed by atoms with van der Waals surface area (Å²) in [4.78, 5) is 0. The van der Waals surface area contributed by atoms with E-state index in [4.69, 9.17) is 0 Å². The molecule has 1 heterocycles. The van der Waals surface area contributed by atoms with Crippen LogP contribution in [0.3, 0.4) is 0 Å². The molecule has 0 atom stereocenters. The van der Waals surface area contributed by atoms with Crippen molar-refractivity contribution in [2.24, 2.45) is 11.3 Å². The highest BCUT2D eigenvalue weighted by molar-refractivity contribution is 7.88. The van der Waals surface area contributed by atoms with Gasteiger partial charge in [0.1, 0.15) is 0 Å². The van der Waals surface area contributed by atoms with Gasteiger partial charge in [-0.05, 0) is 24.2 Å². The molecule has 104 valence electrons. The Kier molecular flexibility index (Phi) is 6.70. The molecule has 1 saturated heterocycles. The zero-order valence-corrected chi connectivity index (χ0v) is 13.1. The summed E-state index contributed by atoms with van der Waals surface area (Å²) >= 11 is 0. The van der Waals surface area contributed by atoms with Gasteiger partial charge < -0.3 is 0 Å². The summed E-state index contributed by atoms with van der Waals surface area (Å²) in [6, 6.07) is 0. The van der Waals surface area contributed by atoms with E-state index in [1.165, 1.54) is 6.26 Å². The molecular weight excluding hydrogens is 234 g/mol. The Morgan fingerprint density at radius 1 is 1.18 bits per heavy atom. The number of rotatable bonds is 3. The molecule has 4 heteroatoms. The van der Waals surface area contributed by atoms with Gasteiger partial charge in [0.2, 0.25) is 10.0 Å². The summed E-state index contributed by atoms with van der Waals surface area (Å²) in [6.45, 7) is 12.1. The smallest absolute Gasteiger partial charge is 0.211 e. The summed E-state index contributed by atoms with van der Waals surface area (Å²) < 4.78 is 24.4. The maximum atomic E-state index is 11.4. The van der Waals surface area contributed by atoms with Gasteiger partial charge in [0.05, 0.1) is 6.26 Å². The zero-order valence-electron chi connectivity index (χ0n) is 12.3. The van der Waals surface area contributed by atoms with Gasteiger partial charge in [0.25, 0.3) is 0 Å². The third-order valence-corrected chi connectivity index (χ3v) is 5.42. The quantitative estimate of drug-likeness (QED) is 0.784. The van der Waals surface area contributed by atoms with E-state index in [0.717, 1.165) is 19.3 Å². The standard InChI is InChI=1S/C11H23NO2S.C2H6/c1-5-11(10(2)3)6-8-12(9-7-11)15(4,13)14;1-2/h10H,5-9H2,1-4H3;1-2H3. The van der Waals surface area contributed by atoms with E-state index < -0.39 is 10.0 Å². The van der Waals surface area contributed by atoms with Crippen LogP contribution in [0.4, 0.5) is 0 Å². The number of sulfonamides is 1. The van der Waals surface area contributed by atoms with Gasteiger partial charge in [-0.3, -0.25) is 0 Å². The number of nitrogens with zero attached hydrogens (tertiary/aromatic N) is 1. The van der Waals surface area contributed by atoms with Crippen LogP contribution in [0.5, 0.6) is 0 Å². The predicted molar refractivity (Wildman–Crippen MR) is 74.6 cm³/mol. The first-order valence-corrected chi connectivity index (χ1v) is 8.62. The van der Waals surface area contributed by atoms with Crippen molar-refractivity contribution < 1.29 is 8.42 Å². The molecule has 1 aliphatic heterocycles. The van der Waals surface area contributed by atoms with E-state index in [0.29, 0.717) is 24.4 Å². The van der Waals surface area contributed by atoms with Crippen LogP contribution in [0.25, 0.3) is 0 Å². The minimum absolute atomic E-state index is 0.362. The Bertz CT molecular complexity index is 301. The maximum absolute atomic E-state index is 11.4. The molecule has 0 aromatic carbocycles. The Hall–Kier alpha value is -0.0900. The molecule has 0 unspecified atom stereocenters. The third-order valence-electron chi connectivity index (χ3n) is 4.12. The summed E-state index contributed by atoms with van der Waals surface area (Å²) in [5, 5.41) is 0. The molecule has 1 rings (SSSR count). The van der Waals surface area contributed by atoms with Crippen molar-refractivity contribution in [3.05, 3.63) is 0 Å². The minimum Gasteiger partial charge on any atom is -0.213 e.